The molecule has 1 atom stereocenters. The van der Waals surface area contributed by atoms with E-state index < -0.39 is 11.8 Å². The first kappa shape index (κ1) is 17.6. The van der Waals surface area contributed by atoms with Crippen molar-refractivity contribution in [1.29, 1.82) is 0 Å². The third-order valence-corrected chi connectivity index (χ3v) is 7.10. The van der Waals surface area contributed by atoms with E-state index in [0.29, 0.717) is 6.54 Å². The van der Waals surface area contributed by atoms with Crippen molar-refractivity contribution < 1.29 is 9.59 Å². The minimum Gasteiger partial charge on any atom is -0.348 e. The molecule has 1 aromatic rings. The summed E-state index contributed by atoms with van der Waals surface area (Å²) >= 11 is 0. The molecule has 1 aromatic carbocycles. The Bertz CT molecular complexity index is 635. The monoisotopic (exact) mass is 354 g/mol. The fourth-order valence-corrected chi connectivity index (χ4v) is 6.17. The van der Waals surface area contributed by atoms with E-state index in [9.17, 15) is 9.59 Å². The van der Waals surface area contributed by atoms with Gasteiger partial charge in [0.15, 0.2) is 0 Å². The highest BCUT2D eigenvalue weighted by Gasteiger charge is 2.53. The summed E-state index contributed by atoms with van der Waals surface area (Å²) in [5.41, 5.74) is 1.39. The van der Waals surface area contributed by atoms with Crippen LogP contribution in [0.1, 0.15) is 51.0 Å². The van der Waals surface area contributed by atoms with Crippen molar-refractivity contribution in [1.82, 2.24) is 10.6 Å². The minimum atomic E-state index is -0.502. The molecule has 4 fully saturated rings. The summed E-state index contributed by atoms with van der Waals surface area (Å²) in [4.78, 5) is 24.5. The fourth-order valence-electron chi connectivity index (χ4n) is 6.17. The van der Waals surface area contributed by atoms with Crippen LogP contribution in [0.15, 0.2) is 30.3 Å². The Morgan fingerprint density at radius 3 is 2.15 bits per heavy atom. The van der Waals surface area contributed by atoms with Crippen molar-refractivity contribution >= 4 is 11.8 Å². The number of nitrogens with one attached hydrogen (secondary N) is 2. The van der Waals surface area contributed by atoms with E-state index in [1.54, 1.807) is 0 Å². The van der Waals surface area contributed by atoms with Gasteiger partial charge in [0.2, 0.25) is 0 Å². The molecule has 0 radical (unpaired) electrons. The van der Waals surface area contributed by atoms with Crippen LogP contribution >= 0.6 is 0 Å². The number of carbonyl (C=O) groups is 2. The molecule has 4 aliphatic carbocycles. The van der Waals surface area contributed by atoms with Crippen LogP contribution in [-0.4, -0.2) is 24.4 Å². The maximum Gasteiger partial charge on any atom is 0.309 e. The summed E-state index contributed by atoms with van der Waals surface area (Å²) in [6, 6.07) is 10.1. The van der Waals surface area contributed by atoms with Crippen molar-refractivity contribution in [3.63, 3.8) is 0 Å². The SMILES string of the molecule is CC(NC(=O)C(=O)NCCc1ccccc1)C12CC3CC(CC(C3)C1)C2. The summed E-state index contributed by atoms with van der Waals surface area (Å²) < 4.78 is 0. The number of rotatable bonds is 5. The average Bonchev–Trinajstić information content (AvgIpc) is 2.61. The third-order valence-electron chi connectivity index (χ3n) is 7.10. The van der Waals surface area contributed by atoms with Crippen molar-refractivity contribution in [3.8, 4) is 0 Å². The Hall–Kier alpha value is -1.84. The van der Waals surface area contributed by atoms with Gasteiger partial charge >= 0.3 is 11.8 Å². The zero-order valence-corrected chi connectivity index (χ0v) is 15.7. The second-order valence-electron chi connectivity index (χ2n) is 8.97. The summed E-state index contributed by atoms with van der Waals surface area (Å²) in [6.07, 6.45) is 8.60. The molecule has 0 spiro atoms. The van der Waals surface area contributed by atoms with Crippen LogP contribution < -0.4 is 10.6 Å². The number of amides is 2. The summed E-state index contributed by atoms with van der Waals surface area (Å²) in [7, 11) is 0. The fraction of sp³-hybridized carbons (Fsp3) is 0.636. The van der Waals surface area contributed by atoms with E-state index in [1.165, 1.54) is 38.5 Å². The van der Waals surface area contributed by atoms with Gasteiger partial charge in [0.25, 0.3) is 0 Å². The quantitative estimate of drug-likeness (QED) is 0.799. The van der Waals surface area contributed by atoms with Crippen LogP contribution in [0.2, 0.25) is 0 Å². The van der Waals surface area contributed by atoms with Gasteiger partial charge < -0.3 is 10.6 Å². The Morgan fingerprint density at radius 2 is 1.58 bits per heavy atom. The van der Waals surface area contributed by atoms with Crippen LogP contribution in [0, 0.1) is 23.2 Å². The maximum atomic E-state index is 12.4. The maximum absolute atomic E-state index is 12.4. The highest BCUT2D eigenvalue weighted by molar-refractivity contribution is 6.35. The molecule has 4 bridgehead atoms. The molecule has 26 heavy (non-hydrogen) atoms. The Kier molecular flexibility index (Phi) is 4.76. The number of carbonyl (C=O) groups excluding carboxylic acids is 2. The van der Waals surface area contributed by atoms with E-state index in [2.05, 4.69) is 17.6 Å². The average molecular weight is 354 g/mol. The molecule has 2 amide bonds. The molecule has 1 unspecified atom stereocenters. The van der Waals surface area contributed by atoms with E-state index in [4.69, 9.17) is 0 Å². The lowest BCUT2D eigenvalue weighted by Crippen LogP contribution is -2.57. The molecule has 0 aliphatic heterocycles. The lowest BCUT2D eigenvalue weighted by molar-refractivity contribution is -0.141. The topological polar surface area (TPSA) is 58.2 Å². The Labute approximate surface area is 156 Å². The molecule has 4 saturated carbocycles. The van der Waals surface area contributed by atoms with Crippen LogP contribution in [0.5, 0.6) is 0 Å². The molecule has 4 heteroatoms. The Balaban J connectivity index is 1.28. The van der Waals surface area contributed by atoms with Gasteiger partial charge in [-0.15, -0.1) is 0 Å². The number of hydrogen-bond acceptors (Lipinski definition) is 2. The van der Waals surface area contributed by atoms with Gasteiger partial charge in [-0.1, -0.05) is 30.3 Å². The van der Waals surface area contributed by atoms with Crippen molar-refractivity contribution in [2.24, 2.45) is 23.2 Å². The Morgan fingerprint density at radius 1 is 1.00 bits per heavy atom. The van der Waals surface area contributed by atoms with E-state index in [-0.39, 0.29) is 11.5 Å². The first-order chi connectivity index (χ1) is 12.5. The lowest BCUT2D eigenvalue weighted by atomic mass is 9.48. The first-order valence-corrected chi connectivity index (χ1v) is 10.2. The minimum absolute atomic E-state index is 0.0864. The second kappa shape index (κ2) is 7.05. The van der Waals surface area contributed by atoms with Crippen LogP contribution in [0.25, 0.3) is 0 Å². The van der Waals surface area contributed by atoms with Gasteiger partial charge in [0, 0.05) is 12.6 Å². The van der Waals surface area contributed by atoms with Crippen molar-refractivity contribution in [2.45, 2.75) is 57.9 Å². The summed E-state index contributed by atoms with van der Waals surface area (Å²) in [5.74, 6) is 1.57. The lowest BCUT2D eigenvalue weighted by Gasteiger charge is -2.59. The molecule has 4 aliphatic rings. The van der Waals surface area contributed by atoms with E-state index in [0.717, 1.165) is 29.7 Å². The largest absolute Gasteiger partial charge is 0.348 e. The highest BCUT2D eigenvalue weighted by atomic mass is 16.2. The van der Waals surface area contributed by atoms with Gasteiger partial charge in [0.1, 0.15) is 0 Å². The molecule has 5 rings (SSSR count). The molecular weight excluding hydrogens is 324 g/mol. The van der Waals surface area contributed by atoms with Gasteiger partial charge in [-0.05, 0) is 80.6 Å². The van der Waals surface area contributed by atoms with Crippen LogP contribution in [0.3, 0.4) is 0 Å². The normalized spacial score (nSPS) is 32.9. The molecule has 0 saturated heterocycles. The van der Waals surface area contributed by atoms with E-state index >= 15 is 0 Å². The predicted octanol–water partition coefficient (Wildman–Crippen LogP) is 3.07. The molecule has 140 valence electrons. The number of hydrogen-bond donors (Lipinski definition) is 2. The zero-order chi connectivity index (χ0) is 18.1. The smallest absolute Gasteiger partial charge is 0.309 e. The van der Waals surface area contributed by atoms with E-state index in [1.807, 2.05) is 30.3 Å². The summed E-state index contributed by atoms with van der Waals surface area (Å²) in [6.45, 7) is 2.60. The molecule has 0 aromatic heterocycles. The van der Waals surface area contributed by atoms with Crippen LogP contribution in [0.4, 0.5) is 0 Å². The van der Waals surface area contributed by atoms with Gasteiger partial charge in [-0.3, -0.25) is 9.59 Å². The molecular formula is C22H30N2O2. The van der Waals surface area contributed by atoms with Crippen molar-refractivity contribution in [3.05, 3.63) is 35.9 Å². The standard InChI is InChI=1S/C22H30N2O2/c1-15(22-12-17-9-18(13-22)11-19(10-17)14-22)24-21(26)20(25)23-8-7-16-5-3-2-4-6-16/h2-6,15,17-19H,7-14H2,1H3,(H,23,25)(H,24,26). The van der Waals surface area contributed by atoms with Gasteiger partial charge in [-0.25, -0.2) is 0 Å². The van der Waals surface area contributed by atoms with Crippen molar-refractivity contribution in [2.75, 3.05) is 6.54 Å². The zero-order valence-electron chi connectivity index (χ0n) is 15.7. The third kappa shape index (κ3) is 3.51. The molecule has 2 N–H and O–H groups in total. The van der Waals surface area contributed by atoms with Gasteiger partial charge in [-0.2, -0.15) is 0 Å². The number of benzene rings is 1. The first-order valence-electron chi connectivity index (χ1n) is 10.2. The highest BCUT2D eigenvalue weighted by Crippen LogP contribution is 2.61. The molecule has 4 nitrogen and oxygen atoms in total. The molecule has 0 heterocycles. The summed E-state index contributed by atoms with van der Waals surface area (Å²) in [5, 5.41) is 5.79. The predicted molar refractivity (Wildman–Crippen MR) is 101 cm³/mol. The van der Waals surface area contributed by atoms with Crippen LogP contribution in [-0.2, 0) is 16.0 Å². The second-order valence-corrected chi connectivity index (χ2v) is 8.97. The van der Waals surface area contributed by atoms with Gasteiger partial charge in [0.05, 0.1) is 0 Å².